The fourth-order valence-corrected chi connectivity index (χ4v) is 1.66. The third-order valence-corrected chi connectivity index (χ3v) is 2.61. The van der Waals surface area contributed by atoms with Crippen molar-refractivity contribution in [3.05, 3.63) is 35.1 Å². The van der Waals surface area contributed by atoms with Crippen molar-refractivity contribution in [1.82, 2.24) is 5.32 Å². The average molecular weight is 277 g/mol. The van der Waals surface area contributed by atoms with Crippen LogP contribution in [0.15, 0.2) is 12.1 Å². The Hall–Kier alpha value is -1.11. The number of hydrogen-bond donors (Lipinski definition) is 1. The first-order valence-corrected chi connectivity index (χ1v) is 6.05. The fraction of sp³-hybridized carbons (Fsp3) is 0.538. The molecule has 0 radical (unpaired) electrons. The molecule has 0 aliphatic carbocycles. The van der Waals surface area contributed by atoms with Crippen molar-refractivity contribution in [1.29, 1.82) is 0 Å². The third-order valence-electron chi connectivity index (χ3n) is 2.61. The van der Waals surface area contributed by atoms with Gasteiger partial charge in [-0.3, -0.25) is 0 Å². The van der Waals surface area contributed by atoms with Crippen LogP contribution in [0.2, 0.25) is 0 Å². The van der Waals surface area contributed by atoms with E-state index in [1.807, 2.05) is 6.92 Å². The van der Waals surface area contributed by atoms with Gasteiger partial charge in [0, 0.05) is 12.7 Å². The van der Waals surface area contributed by atoms with Crippen LogP contribution in [0.3, 0.4) is 0 Å². The van der Waals surface area contributed by atoms with E-state index in [9.17, 15) is 13.2 Å². The molecule has 0 aromatic heterocycles. The van der Waals surface area contributed by atoms with Crippen LogP contribution >= 0.6 is 0 Å². The van der Waals surface area contributed by atoms with Gasteiger partial charge in [0.05, 0.1) is 25.9 Å². The van der Waals surface area contributed by atoms with E-state index in [1.165, 1.54) is 6.07 Å². The van der Waals surface area contributed by atoms with Gasteiger partial charge < -0.3 is 14.8 Å². The zero-order valence-electron chi connectivity index (χ0n) is 11.0. The molecule has 0 bridgehead atoms. The highest BCUT2D eigenvalue weighted by Gasteiger charge is 2.20. The van der Waals surface area contributed by atoms with Crippen molar-refractivity contribution in [3.63, 3.8) is 0 Å². The van der Waals surface area contributed by atoms with E-state index in [4.69, 9.17) is 9.47 Å². The molecule has 3 nitrogen and oxygen atoms in total. The Labute approximate surface area is 110 Å². The van der Waals surface area contributed by atoms with E-state index in [0.717, 1.165) is 6.07 Å². The van der Waals surface area contributed by atoms with E-state index in [0.29, 0.717) is 19.8 Å². The number of halogens is 3. The second kappa shape index (κ2) is 8.14. The van der Waals surface area contributed by atoms with Crippen LogP contribution in [0.1, 0.15) is 18.5 Å². The molecule has 1 N–H and O–H groups in total. The zero-order valence-corrected chi connectivity index (χ0v) is 11.0. The van der Waals surface area contributed by atoms with Crippen molar-refractivity contribution in [2.75, 3.05) is 33.5 Å². The lowest BCUT2D eigenvalue weighted by atomic mass is 10.1. The van der Waals surface area contributed by atoms with Gasteiger partial charge in [0.15, 0.2) is 17.5 Å². The Morgan fingerprint density at radius 2 is 1.89 bits per heavy atom. The Kier molecular flexibility index (Phi) is 6.83. The summed E-state index contributed by atoms with van der Waals surface area (Å²) in [5, 5.41) is 2.97. The van der Waals surface area contributed by atoms with Crippen molar-refractivity contribution in [2.24, 2.45) is 0 Å². The highest BCUT2D eigenvalue weighted by molar-refractivity contribution is 5.23. The first kappa shape index (κ1) is 15.9. The van der Waals surface area contributed by atoms with Crippen molar-refractivity contribution in [2.45, 2.75) is 13.0 Å². The number of nitrogens with one attached hydrogen (secondary N) is 1. The second-order valence-electron chi connectivity index (χ2n) is 3.94. The van der Waals surface area contributed by atoms with Gasteiger partial charge in [-0.1, -0.05) is 13.0 Å². The molecular weight excluding hydrogens is 259 g/mol. The molecule has 108 valence electrons. The molecular formula is C13H18F3NO2. The number of likely N-dealkylation sites (N-methyl/N-ethyl adjacent to an activating group) is 1. The summed E-state index contributed by atoms with van der Waals surface area (Å²) in [6.45, 7) is 3.30. The Morgan fingerprint density at radius 1 is 1.16 bits per heavy atom. The molecule has 1 atom stereocenters. The van der Waals surface area contributed by atoms with Gasteiger partial charge in [-0.2, -0.15) is 0 Å². The van der Waals surface area contributed by atoms with Crippen LogP contribution in [0.5, 0.6) is 0 Å². The van der Waals surface area contributed by atoms with Gasteiger partial charge in [0.25, 0.3) is 0 Å². The van der Waals surface area contributed by atoms with Crippen molar-refractivity contribution >= 4 is 0 Å². The van der Waals surface area contributed by atoms with Gasteiger partial charge in [-0.15, -0.1) is 0 Å². The molecule has 0 spiro atoms. The molecule has 0 saturated carbocycles. The summed E-state index contributed by atoms with van der Waals surface area (Å²) < 4.78 is 49.9. The Bertz CT molecular complexity index is 402. The lowest BCUT2D eigenvalue weighted by molar-refractivity contribution is 0.0582. The normalized spacial score (nSPS) is 12.7. The van der Waals surface area contributed by atoms with Crippen LogP contribution in [-0.2, 0) is 9.47 Å². The van der Waals surface area contributed by atoms with E-state index >= 15 is 0 Å². The Balaban J connectivity index is 2.78. The number of methoxy groups -OCH3 is 1. The molecule has 1 rings (SSSR count). The third kappa shape index (κ3) is 4.49. The maximum absolute atomic E-state index is 13.7. The fourth-order valence-electron chi connectivity index (χ4n) is 1.66. The van der Waals surface area contributed by atoms with Gasteiger partial charge in [-0.05, 0) is 12.6 Å². The van der Waals surface area contributed by atoms with Crippen molar-refractivity contribution < 1.29 is 22.6 Å². The average Bonchev–Trinajstić information content (AvgIpc) is 2.40. The number of rotatable bonds is 8. The van der Waals surface area contributed by atoms with E-state index in [1.54, 1.807) is 7.11 Å². The molecule has 0 saturated heterocycles. The van der Waals surface area contributed by atoms with Crippen LogP contribution < -0.4 is 5.32 Å². The van der Waals surface area contributed by atoms with Gasteiger partial charge in [0.2, 0.25) is 0 Å². The lowest BCUT2D eigenvalue weighted by Crippen LogP contribution is -2.27. The van der Waals surface area contributed by atoms with E-state index < -0.39 is 23.5 Å². The van der Waals surface area contributed by atoms with E-state index in [2.05, 4.69) is 5.32 Å². The number of benzene rings is 1. The SMILES string of the molecule is CCNC(COCCOC)c1ccc(F)c(F)c1F. The van der Waals surface area contributed by atoms with Crippen molar-refractivity contribution in [3.8, 4) is 0 Å². The monoisotopic (exact) mass is 277 g/mol. The minimum atomic E-state index is -1.46. The van der Waals surface area contributed by atoms with Crippen LogP contribution in [0.4, 0.5) is 13.2 Å². The largest absolute Gasteiger partial charge is 0.382 e. The summed E-state index contributed by atoms with van der Waals surface area (Å²) in [5.41, 5.74) is 0.0539. The van der Waals surface area contributed by atoms with Gasteiger partial charge in [0.1, 0.15) is 0 Å². The first-order valence-electron chi connectivity index (χ1n) is 6.05. The van der Waals surface area contributed by atoms with Crippen LogP contribution in [0.25, 0.3) is 0 Å². The highest BCUT2D eigenvalue weighted by atomic mass is 19.2. The van der Waals surface area contributed by atoms with E-state index in [-0.39, 0.29) is 12.2 Å². The highest BCUT2D eigenvalue weighted by Crippen LogP contribution is 2.21. The maximum Gasteiger partial charge on any atom is 0.194 e. The minimum Gasteiger partial charge on any atom is -0.382 e. The molecule has 1 unspecified atom stereocenters. The summed E-state index contributed by atoms with van der Waals surface area (Å²) in [4.78, 5) is 0. The summed E-state index contributed by atoms with van der Waals surface area (Å²) >= 11 is 0. The summed E-state index contributed by atoms with van der Waals surface area (Å²) in [6, 6.07) is 1.60. The second-order valence-corrected chi connectivity index (χ2v) is 3.94. The molecule has 6 heteroatoms. The predicted octanol–water partition coefficient (Wildman–Crippen LogP) is 2.42. The molecule has 0 heterocycles. The minimum absolute atomic E-state index is 0.0539. The number of ether oxygens (including phenoxy) is 2. The van der Waals surface area contributed by atoms with Gasteiger partial charge in [-0.25, -0.2) is 13.2 Å². The first-order chi connectivity index (χ1) is 9.11. The van der Waals surface area contributed by atoms with Gasteiger partial charge >= 0.3 is 0 Å². The number of hydrogen-bond acceptors (Lipinski definition) is 3. The molecule has 1 aromatic carbocycles. The Morgan fingerprint density at radius 3 is 2.53 bits per heavy atom. The smallest absolute Gasteiger partial charge is 0.194 e. The summed E-state index contributed by atoms with van der Waals surface area (Å²) in [7, 11) is 1.54. The summed E-state index contributed by atoms with van der Waals surface area (Å²) in [5.74, 6) is -3.84. The predicted molar refractivity (Wildman–Crippen MR) is 65.4 cm³/mol. The summed E-state index contributed by atoms with van der Waals surface area (Å²) in [6.07, 6.45) is 0. The molecule has 19 heavy (non-hydrogen) atoms. The van der Waals surface area contributed by atoms with Crippen LogP contribution in [0, 0.1) is 17.5 Å². The standard InChI is InChI=1S/C13H18F3NO2/c1-3-17-11(8-19-7-6-18-2)9-4-5-10(14)13(16)12(9)15/h4-5,11,17H,3,6-8H2,1-2H3. The molecule has 0 fully saturated rings. The molecule has 0 amide bonds. The van der Waals surface area contributed by atoms with Crippen LogP contribution in [-0.4, -0.2) is 33.5 Å². The molecule has 1 aromatic rings. The maximum atomic E-state index is 13.7. The quantitative estimate of drug-likeness (QED) is 0.585. The molecule has 0 aliphatic heterocycles. The lowest BCUT2D eigenvalue weighted by Gasteiger charge is -2.19. The topological polar surface area (TPSA) is 30.5 Å². The zero-order chi connectivity index (χ0) is 14.3. The molecule has 0 aliphatic rings.